The summed E-state index contributed by atoms with van der Waals surface area (Å²) in [5, 5.41) is 11.6. The highest BCUT2D eigenvalue weighted by molar-refractivity contribution is 14.1. The van der Waals surface area contributed by atoms with Crippen LogP contribution in [0.4, 0.5) is 5.69 Å². The van der Waals surface area contributed by atoms with Crippen molar-refractivity contribution >= 4 is 28.3 Å². The van der Waals surface area contributed by atoms with E-state index >= 15 is 0 Å². The standard InChI is InChI=1S/C17H16IN3O/c1-11-3-5-13(6-4-11)17-21-20-16(22-17)12(2)19-15-9-7-14(18)8-10-15/h3-10,12,19H,1-2H3. The summed E-state index contributed by atoms with van der Waals surface area (Å²) in [4.78, 5) is 0. The zero-order valence-corrected chi connectivity index (χ0v) is 14.5. The van der Waals surface area contributed by atoms with Gasteiger partial charge in [0, 0.05) is 14.8 Å². The van der Waals surface area contributed by atoms with E-state index < -0.39 is 0 Å². The SMILES string of the molecule is Cc1ccc(-c2nnc(C(C)Nc3ccc(I)cc3)o2)cc1. The molecule has 0 spiro atoms. The third-order valence-corrected chi connectivity index (χ3v) is 4.06. The Morgan fingerprint density at radius 3 is 2.36 bits per heavy atom. The molecule has 22 heavy (non-hydrogen) atoms. The molecule has 0 amide bonds. The molecule has 5 heteroatoms. The maximum atomic E-state index is 5.78. The van der Waals surface area contributed by atoms with E-state index in [-0.39, 0.29) is 6.04 Å². The van der Waals surface area contributed by atoms with Crippen LogP contribution in [0.15, 0.2) is 52.9 Å². The van der Waals surface area contributed by atoms with Crippen LogP contribution in [0.1, 0.15) is 24.4 Å². The lowest BCUT2D eigenvalue weighted by molar-refractivity contribution is 0.485. The van der Waals surface area contributed by atoms with Gasteiger partial charge in [-0.2, -0.15) is 0 Å². The van der Waals surface area contributed by atoms with Gasteiger partial charge in [0.2, 0.25) is 11.8 Å². The van der Waals surface area contributed by atoms with Crippen LogP contribution in [0.3, 0.4) is 0 Å². The van der Waals surface area contributed by atoms with Crippen LogP contribution in [0.5, 0.6) is 0 Å². The number of hydrogen-bond donors (Lipinski definition) is 1. The Morgan fingerprint density at radius 1 is 1.00 bits per heavy atom. The van der Waals surface area contributed by atoms with Crippen molar-refractivity contribution in [3.63, 3.8) is 0 Å². The Morgan fingerprint density at radius 2 is 1.68 bits per heavy atom. The maximum absolute atomic E-state index is 5.78. The molecule has 3 rings (SSSR count). The molecule has 2 aromatic carbocycles. The van der Waals surface area contributed by atoms with E-state index in [0.29, 0.717) is 11.8 Å². The van der Waals surface area contributed by atoms with Gasteiger partial charge in [-0.15, -0.1) is 10.2 Å². The fraction of sp³-hybridized carbons (Fsp3) is 0.176. The van der Waals surface area contributed by atoms with E-state index in [1.165, 1.54) is 9.13 Å². The second kappa shape index (κ2) is 6.48. The Labute approximate surface area is 143 Å². The number of nitrogens with one attached hydrogen (secondary N) is 1. The number of rotatable bonds is 4. The molecule has 0 fully saturated rings. The van der Waals surface area contributed by atoms with Gasteiger partial charge in [-0.05, 0) is 72.8 Å². The summed E-state index contributed by atoms with van der Waals surface area (Å²) in [7, 11) is 0. The van der Waals surface area contributed by atoms with E-state index in [1.54, 1.807) is 0 Å². The number of anilines is 1. The molecule has 0 aliphatic carbocycles. The van der Waals surface area contributed by atoms with Gasteiger partial charge in [0.1, 0.15) is 6.04 Å². The van der Waals surface area contributed by atoms with E-state index in [4.69, 9.17) is 4.42 Å². The van der Waals surface area contributed by atoms with Gasteiger partial charge in [-0.25, -0.2) is 0 Å². The van der Waals surface area contributed by atoms with Crippen molar-refractivity contribution in [2.24, 2.45) is 0 Å². The third-order valence-electron chi connectivity index (χ3n) is 3.34. The molecule has 1 heterocycles. The van der Waals surface area contributed by atoms with Gasteiger partial charge in [0.15, 0.2) is 0 Å². The Balaban J connectivity index is 1.75. The Hall–Kier alpha value is -1.89. The molecule has 1 aromatic heterocycles. The summed E-state index contributed by atoms with van der Waals surface area (Å²) in [6, 6.07) is 16.2. The fourth-order valence-electron chi connectivity index (χ4n) is 2.08. The van der Waals surface area contributed by atoms with Crippen LogP contribution in [0.2, 0.25) is 0 Å². The first-order valence-corrected chi connectivity index (χ1v) is 8.12. The average molecular weight is 405 g/mol. The lowest BCUT2D eigenvalue weighted by Gasteiger charge is -2.11. The largest absolute Gasteiger partial charge is 0.418 e. The van der Waals surface area contributed by atoms with Gasteiger partial charge < -0.3 is 9.73 Å². The van der Waals surface area contributed by atoms with Crippen LogP contribution in [-0.4, -0.2) is 10.2 Å². The van der Waals surface area contributed by atoms with Crippen molar-refractivity contribution in [2.45, 2.75) is 19.9 Å². The second-order valence-electron chi connectivity index (χ2n) is 5.18. The maximum Gasteiger partial charge on any atom is 0.247 e. The summed E-state index contributed by atoms with van der Waals surface area (Å²) in [5.41, 5.74) is 3.17. The second-order valence-corrected chi connectivity index (χ2v) is 6.43. The summed E-state index contributed by atoms with van der Waals surface area (Å²) >= 11 is 2.29. The van der Waals surface area contributed by atoms with E-state index in [2.05, 4.69) is 57.2 Å². The fourth-order valence-corrected chi connectivity index (χ4v) is 2.44. The van der Waals surface area contributed by atoms with Crippen molar-refractivity contribution in [1.82, 2.24) is 10.2 Å². The molecular formula is C17H16IN3O. The topological polar surface area (TPSA) is 51.0 Å². The molecule has 1 unspecified atom stereocenters. The third kappa shape index (κ3) is 3.47. The molecule has 4 nitrogen and oxygen atoms in total. The van der Waals surface area contributed by atoms with Crippen molar-refractivity contribution in [3.8, 4) is 11.5 Å². The zero-order valence-electron chi connectivity index (χ0n) is 12.4. The first-order chi connectivity index (χ1) is 10.6. The highest BCUT2D eigenvalue weighted by Gasteiger charge is 2.14. The number of halogens is 1. The minimum Gasteiger partial charge on any atom is -0.418 e. The van der Waals surface area contributed by atoms with Crippen LogP contribution >= 0.6 is 22.6 Å². The highest BCUT2D eigenvalue weighted by Crippen LogP contribution is 2.23. The van der Waals surface area contributed by atoms with Gasteiger partial charge >= 0.3 is 0 Å². The van der Waals surface area contributed by atoms with Crippen LogP contribution < -0.4 is 5.32 Å². The highest BCUT2D eigenvalue weighted by atomic mass is 127. The number of hydrogen-bond acceptors (Lipinski definition) is 4. The van der Waals surface area contributed by atoms with Crippen molar-refractivity contribution in [2.75, 3.05) is 5.32 Å². The van der Waals surface area contributed by atoms with Crippen molar-refractivity contribution in [1.29, 1.82) is 0 Å². The molecule has 0 saturated heterocycles. The quantitative estimate of drug-likeness (QED) is 0.633. The molecule has 0 bridgehead atoms. The molecule has 0 radical (unpaired) electrons. The zero-order chi connectivity index (χ0) is 15.5. The number of aromatic nitrogens is 2. The van der Waals surface area contributed by atoms with Crippen LogP contribution in [0.25, 0.3) is 11.5 Å². The summed E-state index contributed by atoms with van der Waals surface area (Å²) in [5.74, 6) is 1.13. The van der Waals surface area contributed by atoms with Gasteiger partial charge in [0.05, 0.1) is 0 Å². The van der Waals surface area contributed by atoms with Gasteiger partial charge in [0.25, 0.3) is 0 Å². The van der Waals surface area contributed by atoms with Gasteiger partial charge in [-0.1, -0.05) is 17.7 Å². The average Bonchev–Trinajstić information content (AvgIpc) is 3.00. The number of benzene rings is 2. The monoisotopic (exact) mass is 405 g/mol. The molecule has 0 aliphatic heterocycles. The first kappa shape index (κ1) is 15.0. The lowest BCUT2D eigenvalue weighted by atomic mass is 10.1. The van der Waals surface area contributed by atoms with Crippen molar-refractivity contribution < 1.29 is 4.42 Å². The van der Waals surface area contributed by atoms with E-state index in [0.717, 1.165) is 11.3 Å². The molecule has 0 saturated carbocycles. The molecular weight excluding hydrogens is 389 g/mol. The summed E-state index contributed by atoms with van der Waals surface area (Å²) in [6.07, 6.45) is 0. The molecule has 1 atom stereocenters. The minimum absolute atomic E-state index is 0.0493. The first-order valence-electron chi connectivity index (χ1n) is 7.04. The Kier molecular flexibility index (Phi) is 4.42. The van der Waals surface area contributed by atoms with Crippen LogP contribution in [0, 0.1) is 10.5 Å². The van der Waals surface area contributed by atoms with E-state index in [9.17, 15) is 0 Å². The van der Waals surface area contributed by atoms with Crippen molar-refractivity contribution in [3.05, 3.63) is 63.6 Å². The lowest BCUT2D eigenvalue weighted by Crippen LogP contribution is -2.06. The van der Waals surface area contributed by atoms with E-state index in [1.807, 2.05) is 43.3 Å². The normalized spacial score (nSPS) is 12.1. The molecule has 3 aromatic rings. The van der Waals surface area contributed by atoms with Gasteiger partial charge in [-0.3, -0.25) is 0 Å². The summed E-state index contributed by atoms with van der Waals surface area (Å²) < 4.78 is 6.99. The molecule has 0 aliphatic rings. The number of aryl methyl sites for hydroxylation is 1. The predicted molar refractivity (Wildman–Crippen MR) is 95.7 cm³/mol. The number of nitrogens with zero attached hydrogens (tertiary/aromatic N) is 2. The molecule has 1 N–H and O–H groups in total. The predicted octanol–water partition coefficient (Wildman–Crippen LogP) is 4.82. The van der Waals surface area contributed by atoms with Crippen LogP contribution in [-0.2, 0) is 0 Å². The smallest absolute Gasteiger partial charge is 0.247 e. The summed E-state index contributed by atoms with van der Waals surface area (Å²) in [6.45, 7) is 4.06. The molecule has 112 valence electrons. The minimum atomic E-state index is -0.0493. The Bertz CT molecular complexity index is 750.